The van der Waals surface area contributed by atoms with E-state index in [0.29, 0.717) is 0 Å². The molecule has 0 unspecified atom stereocenters. The monoisotopic (exact) mass is 487 g/mol. The van der Waals surface area contributed by atoms with Crippen molar-refractivity contribution in [3.63, 3.8) is 0 Å². The van der Waals surface area contributed by atoms with Crippen LogP contribution >= 0.6 is 0 Å². The Bertz CT molecular complexity index is 2100. The Morgan fingerprint density at radius 3 is 2.11 bits per heavy atom. The highest BCUT2D eigenvalue weighted by atomic mass is 15.1. The van der Waals surface area contributed by atoms with Crippen molar-refractivity contribution in [3.8, 4) is 33.6 Å². The van der Waals surface area contributed by atoms with E-state index >= 15 is 0 Å². The quantitative estimate of drug-likeness (QED) is 0.257. The number of pyridine rings is 3. The molecule has 5 heteroatoms. The molecular weight excluding hydrogens is 466 g/mol. The van der Waals surface area contributed by atoms with Crippen molar-refractivity contribution in [1.82, 2.24) is 23.8 Å². The van der Waals surface area contributed by atoms with Gasteiger partial charge in [-0.1, -0.05) is 78.9 Å². The molecule has 5 aromatic heterocycles. The van der Waals surface area contributed by atoms with Gasteiger partial charge in [-0.15, -0.1) is 0 Å². The van der Waals surface area contributed by atoms with Crippen LogP contribution in [-0.4, -0.2) is 23.8 Å². The molecule has 0 spiro atoms. The van der Waals surface area contributed by atoms with E-state index in [2.05, 4.69) is 87.8 Å². The molecule has 0 radical (unpaired) electrons. The Labute approximate surface area is 218 Å². The molecule has 38 heavy (non-hydrogen) atoms. The first-order chi connectivity index (χ1) is 18.8. The van der Waals surface area contributed by atoms with Gasteiger partial charge in [0.15, 0.2) is 5.65 Å². The van der Waals surface area contributed by atoms with Gasteiger partial charge in [0.1, 0.15) is 16.8 Å². The molecule has 0 saturated heterocycles. The largest absolute Gasteiger partial charge is 0.306 e. The highest BCUT2D eigenvalue weighted by molar-refractivity contribution is 6.09. The number of nitrogens with zero attached hydrogens (tertiary/aromatic N) is 5. The van der Waals surface area contributed by atoms with Crippen molar-refractivity contribution in [2.75, 3.05) is 0 Å². The zero-order valence-electron chi connectivity index (χ0n) is 20.4. The Morgan fingerprint density at radius 1 is 0.500 bits per heavy atom. The van der Waals surface area contributed by atoms with E-state index in [1.165, 1.54) is 0 Å². The SMILES string of the molecule is c1cc(-c2ccc(-c3nc4c(nc5ccccn54)c4ccccc34)cc2)cc(-c2cn3ccccc3n2)c1. The molecule has 0 fully saturated rings. The first-order valence-electron chi connectivity index (χ1n) is 12.6. The summed E-state index contributed by atoms with van der Waals surface area (Å²) in [6, 6.07) is 37.7. The molecule has 3 aromatic carbocycles. The summed E-state index contributed by atoms with van der Waals surface area (Å²) in [7, 11) is 0. The van der Waals surface area contributed by atoms with Gasteiger partial charge in [0.2, 0.25) is 0 Å². The van der Waals surface area contributed by atoms with Crippen molar-refractivity contribution in [2.45, 2.75) is 0 Å². The molecule has 0 N–H and O–H groups in total. The second-order valence-electron chi connectivity index (χ2n) is 9.47. The summed E-state index contributed by atoms with van der Waals surface area (Å²) < 4.78 is 4.11. The average Bonchev–Trinajstić information content (AvgIpc) is 3.59. The standard InChI is InChI=1S/C33H21N5/c1-2-11-27-26(10-1)31(36-33-32(27)35-30-13-4-6-19-38(30)33)23-16-14-22(15-17-23)24-8-7-9-25(20-24)28-21-37-18-5-3-12-29(37)34-28/h1-21H. The van der Waals surface area contributed by atoms with E-state index in [4.69, 9.17) is 15.0 Å². The fourth-order valence-electron chi connectivity index (χ4n) is 5.31. The fraction of sp³-hybridized carbons (Fsp3) is 0. The Balaban J connectivity index is 1.23. The highest BCUT2D eigenvalue weighted by Gasteiger charge is 2.15. The maximum absolute atomic E-state index is 5.13. The number of hydrogen-bond acceptors (Lipinski definition) is 3. The van der Waals surface area contributed by atoms with Gasteiger partial charge in [-0.2, -0.15) is 0 Å². The lowest BCUT2D eigenvalue weighted by Gasteiger charge is -2.09. The molecule has 0 saturated carbocycles. The summed E-state index contributed by atoms with van der Waals surface area (Å²) in [4.78, 5) is 14.8. The Hall–Kier alpha value is -5.29. The lowest BCUT2D eigenvalue weighted by atomic mass is 9.98. The molecule has 8 aromatic rings. The third-order valence-electron chi connectivity index (χ3n) is 7.17. The predicted molar refractivity (Wildman–Crippen MR) is 153 cm³/mol. The van der Waals surface area contributed by atoms with Gasteiger partial charge in [0, 0.05) is 40.5 Å². The fourth-order valence-corrected chi connectivity index (χ4v) is 5.31. The number of benzene rings is 3. The van der Waals surface area contributed by atoms with Crippen molar-refractivity contribution in [1.29, 1.82) is 0 Å². The molecule has 0 aliphatic carbocycles. The van der Waals surface area contributed by atoms with Crippen LogP contribution in [0.15, 0.2) is 128 Å². The smallest absolute Gasteiger partial charge is 0.165 e. The zero-order valence-corrected chi connectivity index (χ0v) is 20.4. The minimum Gasteiger partial charge on any atom is -0.306 e. The van der Waals surface area contributed by atoms with Crippen LogP contribution in [0.2, 0.25) is 0 Å². The average molecular weight is 488 g/mol. The van der Waals surface area contributed by atoms with E-state index in [1.807, 2.05) is 48.8 Å². The lowest BCUT2D eigenvalue weighted by molar-refractivity contribution is 1.19. The number of fused-ring (bicyclic) bond motifs is 6. The van der Waals surface area contributed by atoms with Gasteiger partial charge in [0.05, 0.1) is 11.4 Å². The lowest BCUT2D eigenvalue weighted by Crippen LogP contribution is -1.91. The topological polar surface area (TPSA) is 47.5 Å². The molecular formula is C33H21N5. The highest BCUT2D eigenvalue weighted by Crippen LogP contribution is 2.34. The van der Waals surface area contributed by atoms with Gasteiger partial charge >= 0.3 is 0 Å². The Morgan fingerprint density at radius 2 is 1.24 bits per heavy atom. The second-order valence-corrected chi connectivity index (χ2v) is 9.47. The molecule has 8 rings (SSSR count). The molecule has 5 nitrogen and oxygen atoms in total. The van der Waals surface area contributed by atoms with Gasteiger partial charge in [0.25, 0.3) is 0 Å². The minimum absolute atomic E-state index is 0.874. The van der Waals surface area contributed by atoms with Crippen LogP contribution in [0.3, 0.4) is 0 Å². The van der Waals surface area contributed by atoms with Crippen LogP contribution < -0.4 is 0 Å². The first-order valence-corrected chi connectivity index (χ1v) is 12.6. The van der Waals surface area contributed by atoms with E-state index in [9.17, 15) is 0 Å². The molecule has 0 bridgehead atoms. The zero-order chi connectivity index (χ0) is 25.1. The second kappa shape index (κ2) is 8.11. The number of imidazole rings is 2. The predicted octanol–water partition coefficient (Wildman–Crippen LogP) is 7.68. The van der Waals surface area contributed by atoms with Crippen LogP contribution in [0.1, 0.15) is 0 Å². The van der Waals surface area contributed by atoms with E-state index in [1.54, 1.807) is 0 Å². The van der Waals surface area contributed by atoms with Crippen LogP contribution in [0.25, 0.3) is 66.9 Å². The van der Waals surface area contributed by atoms with Gasteiger partial charge in [-0.05, 0) is 41.5 Å². The molecule has 0 aliphatic heterocycles. The summed E-state index contributed by atoms with van der Waals surface area (Å²) in [5.41, 5.74) is 10.1. The summed E-state index contributed by atoms with van der Waals surface area (Å²) in [5, 5.41) is 2.21. The number of rotatable bonds is 3. The third kappa shape index (κ3) is 3.22. The van der Waals surface area contributed by atoms with Crippen LogP contribution in [-0.2, 0) is 0 Å². The maximum Gasteiger partial charge on any atom is 0.165 e. The summed E-state index contributed by atoms with van der Waals surface area (Å²) in [5.74, 6) is 0. The van der Waals surface area contributed by atoms with Crippen LogP contribution in [0.5, 0.6) is 0 Å². The van der Waals surface area contributed by atoms with Gasteiger partial charge < -0.3 is 4.40 Å². The van der Waals surface area contributed by atoms with Crippen molar-refractivity contribution in [2.24, 2.45) is 0 Å². The minimum atomic E-state index is 0.874. The maximum atomic E-state index is 5.13. The van der Waals surface area contributed by atoms with Crippen LogP contribution in [0.4, 0.5) is 0 Å². The van der Waals surface area contributed by atoms with E-state index in [-0.39, 0.29) is 0 Å². The molecule has 0 aliphatic rings. The van der Waals surface area contributed by atoms with Crippen molar-refractivity contribution < 1.29 is 0 Å². The Kier molecular flexibility index (Phi) is 4.45. The van der Waals surface area contributed by atoms with Gasteiger partial charge in [-0.25, -0.2) is 15.0 Å². The summed E-state index contributed by atoms with van der Waals surface area (Å²) >= 11 is 0. The first kappa shape index (κ1) is 20.9. The summed E-state index contributed by atoms with van der Waals surface area (Å²) in [6.07, 6.45) is 6.12. The van der Waals surface area contributed by atoms with E-state index < -0.39 is 0 Å². The van der Waals surface area contributed by atoms with Gasteiger partial charge in [-0.3, -0.25) is 4.40 Å². The van der Waals surface area contributed by atoms with Crippen molar-refractivity contribution >= 4 is 33.2 Å². The summed E-state index contributed by atoms with van der Waals surface area (Å²) in [6.45, 7) is 0. The third-order valence-corrected chi connectivity index (χ3v) is 7.17. The normalized spacial score (nSPS) is 11.7. The van der Waals surface area contributed by atoms with E-state index in [0.717, 1.165) is 66.9 Å². The van der Waals surface area contributed by atoms with Crippen LogP contribution in [0, 0.1) is 0 Å². The number of hydrogen-bond donors (Lipinski definition) is 0. The molecule has 0 amide bonds. The number of aromatic nitrogens is 5. The molecule has 178 valence electrons. The molecule has 5 heterocycles. The van der Waals surface area contributed by atoms with Crippen molar-refractivity contribution in [3.05, 3.63) is 128 Å². The molecule has 0 atom stereocenters.